The first-order valence-electron chi connectivity index (χ1n) is 15.9. The van der Waals surface area contributed by atoms with Gasteiger partial charge >= 0.3 is 12.1 Å². The number of halogens is 1. The second-order valence-electron chi connectivity index (χ2n) is 12.0. The molecular weight excluding hydrogens is 606 g/mol. The zero-order valence-corrected chi connectivity index (χ0v) is 26.8. The molecule has 4 heterocycles. The van der Waals surface area contributed by atoms with E-state index in [-0.39, 0.29) is 24.4 Å². The number of nitrogens with one attached hydrogen (secondary N) is 1. The third kappa shape index (κ3) is 6.84. The molecule has 3 aliphatic heterocycles. The number of piperazine rings is 1. The minimum absolute atomic E-state index is 0.00379. The number of para-hydroxylation sites is 1. The summed E-state index contributed by atoms with van der Waals surface area (Å²) in [6, 6.07) is 15.3. The number of ether oxygens (including phenoxy) is 1. The summed E-state index contributed by atoms with van der Waals surface area (Å²) in [5, 5.41) is 3.40. The van der Waals surface area contributed by atoms with Gasteiger partial charge < -0.3 is 35.4 Å². The van der Waals surface area contributed by atoms with E-state index in [1.165, 1.54) is 0 Å². The lowest BCUT2D eigenvalue weighted by molar-refractivity contribution is -0.141. The standard InChI is InChI=1S/C34H40ClN7O4/c1-2-24-19-23(20-28(35)31(24)36)21-30(32(43)40-17-15-39(16-18-40)26-7-11-37-12-8-26)46-34(45)41-13-9-27(10-14-41)42-22-25-5-3-4-6-29(25)38-33(42)44/h3-8,11-12,19-20,27,30H,2,9-10,13-18,21-22,36H2,1H3,(H,38,44)/t30-/m1/s1. The van der Waals surface area contributed by atoms with Crippen molar-refractivity contribution in [3.63, 3.8) is 0 Å². The Kier molecular flexibility index (Phi) is 9.48. The van der Waals surface area contributed by atoms with Crippen LogP contribution in [0, 0.1) is 0 Å². The molecule has 0 radical (unpaired) electrons. The molecule has 3 aliphatic rings. The van der Waals surface area contributed by atoms with Crippen LogP contribution in [0.25, 0.3) is 0 Å². The number of anilines is 3. The van der Waals surface area contributed by atoms with Gasteiger partial charge in [0.1, 0.15) is 0 Å². The van der Waals surface area contributed by atoms with Gasteiger partial charge in [0.25, 0.3) is 5.91 Å². The number of aromatic nitrogens is 1. The molecule has 0 saturated carbocycles. The maximum absolute atomic E-state index is 14.0. The molecule has 0 aliphatic carbocycles. The molecule has 4 amide bonds. The monoisotopic (exact) mass is 645 g/mol. The van der Waals surface area contributed by atoms with E-state index in [0.29, 0.717) is 75.8 Å². The highest BCUT2D eigenvalue weighted by atomic mass is 35.5. The molecule has 242 valence electrons. The van der Waals surface area contributed by atoms with Gasteiger partial charge in [-0.1, -0.05) is 42.8 Å². The number of amides is 4. The number of fused-ring (bicyclic) bond motifs is 1. The summed E-state index contributed by atoms with van der Waals surface area (Å²) >= 11 is 6.45. The van der Waals surface area contributed by atoms with Crippen molar-refractivity contribution in [3.8, 4) is 0 Å². The largest absolute Gasteiger partial charge is 0.436 e. The van der Waals surface area contributed by atoms with E-state index >= 15 is 0 Å². The van der Waals surface area contributed by atoms with Crippen molar-refractivity contribution in [2.24, 2.45) is 0 Å². The van der Waals surface area contributed by atoms with Crippen LogP contribution < -0.4 is 16.0 Å². The smallest absolute Gasteiger partial charge is 0.410 e. The van der Waals surface area contributed by atoms with Crippen LogP contribution in [0.4, 0.5) is 26.7 Å². The maximum atomic E-state index is 14.0. The van der Waals surface area contributed by atoms with Gasteiger partial charge in [-0.05, 0) is 60.2 Å². The molecule has 11 nitrogen and oxygen atoms in total. The lowest BCUT2D eigenvalue weighted by Gasteiger charge is -2.40. The first-order chi connectivity index (χ1) is 22.3. The molecule has 2 saturated heterocycles. The number of nitrogen functional groups attached to an aromatic ring is 1. The average Bonchev–Trinajstić information content (AvgIpc) is 3.09. The number of benzene rings is 2. The van der Waals surface area contributed by atoms with Crippen molar-refractivity contribution >= 4 is 46.7 Å². The van der Waals surface area contributed by atoms with Crippen molar-refractivity contribution in [2.75, 3.05) is 55.2 Å². The summed E-state index contributed by atoms with van der Waals surface area (Å²) in [5.41, 5.74) is 11.3. The maximum Gasteiger partial charge on any atom is 0.410 e. The Morgan fingerprint density at radius 2 is 1.74 bits per heavy atom. The summed E-state index contributed by atoms with van der Waals surface area (Å²) in [5.74, 6) is -0.229. The third-order valence-corrected chi connectivity index (χ3v) is 9.55. The molecular formula is C34H40ClN7O4. The number of urea groups is 1. The van der Waals surface area contributed by atoms with E-state index < -0.39 is 12.2 Å². The summed E-state index contributed by atoms with van der Waals surface area (Å²) in [6.45, 7) is 5.70. The van der Waals surface area contributed by atoms with Gasteiger partial charge in [0.05, 0.1) is 10.7 Å². The molecule has 1 aromatic heterocycles. The van der Waals surface area contributed by atoms with Gasteiger partial charge in [0.2, 0.25) is 0 Å². The zero-order valence-electron chi connectivity index (χ0n) is 26.0. The Morgan fingerprint density at radius 3 is 2.46 bits per heavy atom. The summed E-state index contributed by atoms with van der Waals surface area (Å²) in [6.07, 6.45) is 4.07. The van der Waals surface area contributed by atoms with Crippen LogP contribution in [0.2, 0.25) is 5.02 Å². The van der Waals surface area contributed by atoms with Crippen LogP contribution in [0.5, 0.6) is 0 Å². The molecule has 12 heteroatoms. The number of hydrogen-bond donors (Lipinski definition) is 2. The van der Waals surface area contributed by atoms with Crippen LogP contribution in [0.1, 0.15) is 36.5 Å². The van der Waals surface area contributed by atoms with E-state index in [9.17, 15) is 14.4 Å². The quantitative estimate of drug-likeness (QED) is 0.354. The van der Waals surface area contributed by atoms with Crippen LogP contribution in [0.15, 0.2) is 60.9 Å². The van der Waals surface area contributed by atoms with E-state index in [0.717, 1.165) is 28.1 Å². The van der Waals surface area contributed by atoms with Crippen molar-refractivity contribution < 1.29 is 19.1 Å². The van der Waals surface area contributed by atoms with Crippen LogP contribution in [0.3, 0.4) is 0 Å². The van der Waals surface area contributed by atoms with Crippen LogP contribution in [-0.2, 0) is 28.9 Å². The van der Waals surface area contributed by atoms with Crippen molar-refractivity contribution in [1.29, 1.82) is 0 Å². The highest BCUT2D eigenvalue weighted by molar-refractivity contribution is 6.33. The molecule has 0 bridgehead atoms. The Bertz CT molecular complexity index is 1570. The predicted octanol–water partition coefficient (Wildman–Crippen LogP) is 4.79. The topological polar surface area (TPSA) is 124 Å². The third-order valence-electron chi connectivity index (χ3n) is 9.24. The predicted molar refractivity (Wildman–Crippen MR) is 178 cm³/mol. The van der Waals surface area contributed by atoms with Crippen molar-refractivity contribution in [2.45, 2.75) is 51.3 Å². The molecule has 2 fully saturated rings. The van der Waals surface area contributed by atoms with Gasteiger partial charge in [-0.25, -0.2) is 9.59 Å². The molecule has 1 atom stereocenters. The number of piperidine rings is 1. The minimum atomic E-state index is -1.02. The number of nitrogens with two attached hydrogens (primary N) is 1. The second kappa shape index (κ2) is 13.9. The molecule has 3 aromatic rings. The highest BCUT2D eigenvalue weighted by Gasteiger charge is 2.36. The highest BCUT2D eigenvalue weighted by Crippen LogP contribution is 2.29. The second-order valence-corrected chi connectivity index (χ2v) is 12.4. The number of carbonyl (C=O) groups is 3. The van der Waals surface area contributed by atoms with E-state index in [1.807, 2.05) is 54.3 Å². The molecule has 3 N–H and O–H groups in total. The Morgan fingerprint density at radius 1 is 1.02 bits per heavy atom. The van der Waals surface area contributed by atoms with Crippen molar-refractivity contribution in [3.05, 3.63) is 82.6 Å². The van der Waals surface area contributed by atoms with E-state index in [4.69, 9.17) is 22.1 Å². The fraction of sp³-hybridized carbons (Fsp3) is 0.412. The number of rotatable bonds is 7. The van der Waals surface area contributed by atoms with E-state index in [1.54, 1.807) is 28.3 Å². The molecule has 6 rings (SSSR count). The summed E-state index contributed by atoms with van der Waals surface area (Å²) in [7, 11) is 0. The Hall–Kier alpha value is -4.51. The van der Waals surface area contributed by atoms with Crippen LogP contribution in [-0.4, -0.2) is 89.1 Å². The van der Waals surface area contributed by atoms with Gasteiger partial charge in [0.15, 0.2) is 6.10 Å². The SMILES string of the molecule is CCc1cc(C[C@@H](OC(=O)N2CCC(N3Cc4ccccc4NC3=O)CC2)C(=O)N2CCN(c3ccncc3)CC2)cc(Cl)c1N. The fourth-order valence-corrected chi connectivity index (χ4v) is 6.82. The lowest BCUT2D eigenvalue weighted by atomic mass is 10.0. The Balaban J connectivity index is 1.12. The Labute approximate surface area is 274 Å². The van der Waals surface area contributed by atoms with Gasteiger partial charge in [-0.15, -0.1) is 0 Å². The van der Waals surface area contributed by atoms with Crippen molar-refractivity contribution in [1.82, 2.24) is 19.7 Å². The average molecular weight is 646 g/mol. The first-order valence-corrected chi connectivity index (χ1v) is 16.3. The van der Waals surface area contributed by atoms with Gasteiger partial charge in [0, 0.05) is 82.0 Å². The normalized spacial score (nSPS) is 17.7. The molecule has 0 unspecified atom stereocenters. The first kappa shape index (κ1) is 31.5. The van der Waals surface area contributed by atoms with Gasteiger partial charge in [-0.3, -0.25) is 9.78 Å². The number of hydrogen-bond acceptors (Lipinski definition) is 7. The minimum Gasteiger partial charge on any atom is -0.436 e. The van der Waals surface area contributed by atoms with Crippen LogP contribution >= 0.6 is 11.6 Å². The lowest BCUT2D eigenvalue weighted by Crippen LogP contribution is -2.54. The number of nitrogens with zero attached hydrogens (tertiary/aromatic N) is 5. The summed E-state index contributed by atoms with van der Waals surface area (Å²) < 4.78 is 6.02. The number of aryl methyl sites for hydroxylation is 1. The molecule has 0 spiro atoms. The summed E-state index contributed by atoms with van der Waals surface area (Å²) in [4.78, 5) is 51.9. The number of likely N-dealkylation sites (tertiary alicyclic amines) is 1. The molecule has 46 heavy (non-hydrogen) atoms. The fourth-order valence-electron chi connectivity index (χ4n) is 6.56. The van der Waals surface area contributed by atoms with Gasteiger partial charge in [-0.2, -0.15) is 0 Å². The number of carbonyl (C=O) groups excluding carboxylic acids is 3. The zero-order chi connectivity index (χ0) is 32.2. The molecule has 2 aromatic carbocycles. The van der Waals surface area contributed by atoms with E-state index in [2.05, 4.69) is 15.2 Å². The number of pyridine rings is 1.